The number of hydrogen-bond donors (Lipinski definition) is 2. The Morgan fingerprint density at radius 1 is 0.925 bits per heavy atom. The van der Waals surface area contributed by atoms with E-state index in [0.717, 1.165) is 22.3 Å². The van der Waals surface area contributed by atoms with Gasteiger partial charge in [0.15, 0.2) is 11.6 Å². The number of rotatable bonds is 11. The molecule has 0 fully saturated rings. The predicted molar refractivity (Wildman–Crippen MR) is 157 cm³/mol. The molecule has 4 aromatic carbocycles. The van der Waals surface area contributed by atoms with Crippen LogP contribution < -0.4 is 10.1 Å². The van der Waals surface area contributed by atoms with Crippen molar-refractivity contribution >= 4 is 23.4 Å². The summed E-state index contributed by atoms with van der Waals surface area (Å²) in [6.45, 7) is 0.766. The second-order valence-corrected chi connectivity index (χ2v) is 10.0. The molecule has 0 saturated carbocycles. The molecule has 0 spiro atoms. The van der Waals surface area contributed by atoms with Crippen molar-refractivity contribution in [3.8, 4) is 5.75 Å². The molecule has 0 unspecified atom stereocenters. The fraction of sp³-hybridized carbons (Fsp3) is 0.212. The van der Waals surface area contributed by atoms with Crippen molar-refractivity contribution in [2.24, 2.45) is 4.99 Å². The van der Waals surface area contributed by atoms with Gasteiger partial charge in [0, 0.05) is 36.6 Å². The van der Waals surface area contributed by atoms with Gasteiger partial charge in [-0.1, -0.05) is 90.5 Å². The Balaban J connectivity index is 1.53. The number of amides is 1. The minimum absolute atomic E-state index is 0.0750. The number of carbonyl (C=O) groups excluding carboxylic acids is 1. The summed E-state index contributed by atoms with van der Waals surface area (Å²) < 4.78 is 12.2. The van der Waals surface area contributed by atoms with Crippen molar-refractivity contribution in [1.82, 2.24) is 5.32 Å². The van der Waals surface area contributed by atoms with Crippen molar-refractivity contribution in [1.29, 1.82) is 0 Å². The SMILES string of the molecule is O=C(NCc1ccccc1Cl)[C@]1(Cc2ccccc2)N=C(c2ccc(OCCCO)cc2)O[C@@H]1c1ccccc1. The van der Waals surface area contributed by atoms with Gasteiger partial charge in [-0.15, -0.1) is 0 Å². The van der Waals surface area contributed by atoms with E-state index < -0.39 is 11.6 Å². The van der Waals surface area contributed by atoms with Crippen LogP contribution in [-0.4, -0.2) is 35.7 Å². The number of aliphatic hydroxyl groups is 1. The number of nitrogens with one attached hydrogen (secondary N) is 1. The first kappa shape index (κ1) is 27.4. The van der Waals surface area contributed by atoms with E-state index in [2.05, 4.69) is 5.32 Å². The van der Waals surface area contributed by atoms with Crippen LogP contribution >= 0.6 is 11.6 Å². The van der Waals surface area contributed by atoms with Crippen molar-refractivity contribution in [3.63, 3.8) is 0 Å². The van der Waals surface area contributed by atoms with Gasteiger partial charge in [0.1, 0.15) is 5.75 Å². The third-order valence-electron chi connectivity index (χ3n) is 6.85. The third kappa shape index (κ3) is 6.19. The van der Waals surface area contributed by atoms with Crippen molar-refractivity contribution in [3.05, 3.63) is 136 Å². The van der Waals surface area contributed by atoms with Gasteiger partial charge in [0.25, 0.3) is 5.91 Å². The number of halogens is 1. The first-order valence-electron chi connectivity index (χ1n) is 13.3. The molecule has 4 aromatic rings. The van der Waals surface area contributed by atoms with E-state index in [-0.39, 0.29) is 19.1 Å². The normalized spacial score (nSPS) is 18.1. The van der Waals surface area contributed by atoms with Crippen LogP contribution in [0.4, 0.5) is 0 Å². The topological polar surface area (TPSA) is 80.2 Å². The molecule has 40 heavy (non-hydrogen) atoms. The average molecular weight is 555 g/mol. The van der Waals surface area contributed by atoms with Gasteiger partial charge in [-0.05, 0) is 47.0 Å². The van der Waals surface area contributed by atoms with E-state index >= 15 is 0 Å². The van der Waals surface area contributed by atoms with Crippen LogP contribution in [-0.2, 0) is 22.5 Å². The van der Waals surface area contributed by atoms with Gasteiger partial charge in [-0.25, -0.2) is 4.99 Å². The highest BCUT2D eigenvalue weighted by molar-refractivity contribution is 6.31. The fourth-order valence-electron chi connectivity index (χ4n) is 4.79. The fourth-order valence-corrected chi connectivity index (χ4v) is 4.99. The second-order valence-electron chi connectivity index (χ2n) is 9.64. The zero-order valence-electron chi connectivity index (χ0n) is 22.0. The zero-order chi connectivity index (χ0) is 27.8. The summed E-state index contributed by atoms with van der Waals surface area (Å²) in [6, 6.07) is 34.5. The van der Waals surface area contributed by atoms with Crippen LogP contribution in [0, 0.1) is 0 Å². The molecule has 0 aliphatic carbocycles. The molecule has 5 rings (SSSR count). The smallest absolute Gasteiger partial charge is 0.252 e. The monoisotopic (exact) mass is 554 g/mol. The lowest BCUT2D eigenvalue weighted by Crippen LogP contribution is -2.49. The molecule has 1 heterocycles. The second kappa shape index (κ2) is 12.8. The summed E-state index contributed by atoms with van der Waals surface area (Å²) in [4.78, 5) is 19.3. The van der Waals surface area contributed by atoms with Gasteiger partial charge in [0.2, 0.25) is 5.90 Å². The van der Waals surface area contributed by atoms with Crippen LogP contribution in [0.25, 0.3) is 0 Å². The number of benzene rings is 4. The van der Waals surface area contributed by atoms with Gasteiger partial charge in [-0.3, -0.25) is 4.79 Å². The standard InChI is InChI=1S/C33H31ClN2O4/c34-29-15-8-7-14-27(29)23-35-32(38)33(22-24-10-3-1-4-11-24)30(25-12-5-2-6-13-25)40-31(36-33)26-16-18-28(19-17-26)39-21-9-20-37/h1-8,10-19,30,37H,9,20-23H2,(H,35,38)/t30-,33-/m1/s1. The third-order valence-corrected chi connectivity index (χ3v) is 7.21. The molecule has 0 aromatic heterocycles. The molecule has 1 amide bonds. The maximum absolute atomic E-state index is 14.2. The summed E-state index contributed by atoms with van der Waals surface area (Å²) >= 11 is 6.39. The number of nitrogens with zero attached hydrogens (tertiary/aromatic N) is 1. The van der Waals surface area contributed by atoms with E-state index in [0.29, 0.717) is 36.1 Å². The molecule has 0 radical (unpaired) electrons. The van der Waals surface area contributed by atoms with Crippen LogP contribution in [0.2, 0.25) is 5.02 Å². The van der Waals surface area contributed by atoms with E-state index in [9.17, 15) is 4.79 Å². The number of aliphatic hydroxyl groups excluding tert-OH is 1. The Kier molecular flexibility index (Phi) is 8.79. The summed E-state index contributed by atoms with van der Waals surface area (Å²) in [7, 11) is 0. The summed E-state index contributed by atoms with van der Waals surface area (Å²) in [5.74, 6) is 0.826. The maximum Gasteiger partial charge on any atom is 0.252 e. The van der Waals surface area contributed by atoms with Crippen molar-refractivity contribution in [2.45, 2.75) is 31.0 Å². The molecule has 204 valence electrons. The molecule has 1 aliphatic heterocycles. The van der Waals surface area contributed by atoms with Gasteiger partial charge < -0.3 is 19.9 Å². The van der Waals surface area contributed by atoms with E-state index in [1.807, 2.05) is 109 Å². The largest absolute Gasteiger partial charge is 0.494 e. The molecule has 1 aliphatic rings. The number of carbonyl (C=O) groups is 1. The molecule has 0 saturated heterocycles. The Bertz CT molecular complexity index is 1440. The molecule has 0 bridgehead atoms. The minimum atomic E-state index is -1.27. The zero-order valence-corrected chi connectivity index (χ0v) is 22.8. The van der Waals surface area contributed by atoms with Gasteiger partial charge in [-0.2, -0.15) is 0 Å². The lowest BCUT2D eigenvalue weighted by molar-refractivity contribution is -0.129. The highest BCUT2D eigenvalue weighted by Crippen LogP contribution is 2.42. The first-order chi connectivity index (χ1) is 19.6. The summed E-state index contributed by atoms with van der Waals surface area (Å²) in [6.07, 6.45) is 0.241. The van der Waals surface area contributed by atoms with Gasteiger partial charge >= 0.3 is 0 Å². The van der Waals surface area contributed by atoms with Crippen molar-refractivity contribution < 1.29 is 19.4 Å². The van der Waals surface area contributed by atoms with Crippen molar-refractivity contribution in [2.75, 3.05) is 13.2 Å². The molecular formula is C33H31ClN2O4. The molecule has 2 atom stereocenters. The Morgan fingerprint density at radius 2 is 1.60 bits per heavy atom. The predicted octanol–water partition coefficient (Wildman–Crippen LogP) is 5.92. The van der Waals surface area contributed by atoms with E-state index in [4.69, 9.17) is 31.2 Å². The molecular weight excluding hydrogens is 524 g/mol. The van der Waals surface area contributed by atoms with E-state index in [1.54, 1.807) is 0 Å². The summed E-state index contributed by atoms with van der Waals surface area (Å²) in [5.41, 5.74) is 2.12. The summed E-state index contributed by atoms with van der Waals surface area (Å²) in [5, 5.41) is 12.7. The maximum atomic E-state index is 14.2. The highest BCUT2D eigenvalue weighted by Gasteiger charge is 2.53. The van der Waals surface area contributed by atoms with Crippen LogP contribution in [0.15, 0.2) is 114 Å². The Hall–Kier alpha value is -4.13. The Morgan fingerprint density at radius 3 is 2.30 bits per heavy atom. The first-order valence-corrected chi connectivity index (χ1v) is 13.7. The Labute approximate surface area is 239 Å². The molecule has 2 N–H and O–H groups in total. The van der Waals surface area contributed by atoms with Crippen LogP contribution in [0.3, 0.4) is 0 Å². The van der Waals surface area contributed by atoms with Gasteiger partial charge in [0.05, 0.1) is 6.61 Å². The number of ether oxygens (including phenoxy) is 2. The number of aliphatic imine (C=N–C) groups is 1. The number of hydrogen-bond acceptors (Lipinski definition) is 5. The lowest BCUT2D eigenvalue weighted by atomic mass is 9.82. The molecule has 7 heteroatoms. The minimum Gasteiger partial charge on any atom is -0.494 e. The highest BCUT2D eigenvalue weighted by atomic mass is 35.5. The molecule has 6 nitrogen and oxygen atoms in total. The van der Waals surface area contributed by atoms with Crippen LogP contribution in [0.5, 0.6) is 5.75 Å². The quantitative estimate of drug-likeness (QED) is 0.226. The van der Waals surface area contributed by atoms with E-state index in [1.165, 1.54) is 0 Å². The average Bonchev–Trinajstić information content (AvgIpc) is 3.38. The lowest BCUT2D eigenvalue weighted by Gasteiger charge is -2.31. The van der Waals surface area contributed by atoms with Crippen LogP contribution in [0.1, 0.15) is 34.8 Å².